The molecule has 210 valence electrons. The lowest BCUT2D eigenvalue weighted by Gasteiger charge is -2.33. The zero-order chi connectivity index (χ0) is 28.3. The van der Waals surface area contributed by atoms with Crippen LogP contribution in [0.1, 0.15) is 16.9 Å². The fraction of sp³-hybridized carbons (Fsp3) is 0.429. The van der Waals surface area contributed by atoms with E-state index in [-0.39, 0.29) is 17.9 Å². The van der Waals surface area contributed by atoms with E-state index in [9.17, 15) is 22.0 Å². The molecule has 0 bridgehead atoms. The van der Waals surface area contributed by atoms with E-state index in [1.54, 1.807) is 30.5 Å². The number of likely N-dealkylation sites (tertiary alicyclic amines) is 1. The van der Waals surface area contributed by atoms with E-state index >= 15 is 0 Å². The minimum Gasteiger partial charge on any atom is -0.378 e. The number of hydrogen-bond donors (Lipinski definition) is 2. The van der Waals surface area contributed by atoms with E-state index in [1.165, 1.54) is 23.1 Å². The van der Waals surface area contributed by atoms with Gasteiger partial charge in [0.15, 0.2) is 0 Å². The van der Waals surface area contributed by atoms with E-state index in [1.807, 2.05) is 31.3 Å². The van der Waals surface area contributed by atoms with Crippen molar-refractivity contribution < 1.29 is 22.0 Å². The van der Waals surface area contributed by atoms with Gasteiger partial charge in [0.2, 0.25) is 0 Å². The normalized spacial score (nSPS) is 18.3. The molecule has 2 aromatic carbocycles. The van der Waals surface area contributed by atoms with Crippen molar-refractivity contribution in [3.8, 4) is 11.8 Å². The van der Waals surface area contributed by atoms with Crippen LogP contribution in [0.5, 0.6) is 0 Å². The maximum absolute atomic E-state index is 14.9. The van der Waals surface area contributed by atoms with Crippen LogP contribution >= 0.6 is 31.0 Å². The Bertz CT molecular complexity index is 1380. The number of nitrogens with zero attached hydrogens (tertiary/aromatic N) is 1. The molecule has 2 heterocycles. The Balaban J connectivity index is 1.61. The number of thiophene rings is 1. The first-order chi connectivity index (χ1) is 18.5. The third-order valence-corrected chi connectivity index (χ3v) is 9.93. The molecule has 0 saturated carbocycles. The van der Waals surface area contributed by atoms with Crippen molar-refractivity contribution in [2.75, 3.05) is 56.9 Å². The summed E-state index contributed by atoms with van der Waals surface area (Å²) in [4.78, 5) is 2.75. The molecule has 0 aliphatic carbocycles. The zero-order valence-corrected chi connectivity index (χ0v) is 24.7. The monoisotopic (exact) mass is 599 g/mol. The molecule has 1 aliphatic rings. The molecule has 3 aromatic rings. The van der Waals surface area contributed by atoms with Gasteiger partial charge in [0.1, 0.15) is 12.0 Å². The molecule has 0 spiro atoms. The molecule has 39 heavy (non-hydrogen) atoms. The van der Waals surface area contributed by atoms with E-state index in [2.05, 4.69) is 22.5 Å². The van der Waals surface area contributed by atoms with Crippen LogP contribution in [-0.2, 0) is 6.42 Å². The van der Waals surface area contributed by atoms with Gasteiger partial charge in [0.05, 0.1) is 44.9 Å². The van der Waals surface area contributed by atoms with Gasteiger partial charge >= 0.3 is 6.18 Å². The van der Waals surface area contributed by atoms with Gasteiger partial charge in [-0.2, -0.15) is 13.2 Å². The van der Waals surface area contributed by atoms with Crippen molar-refractivity contribution in [1.82, 2.24) is 4.90 Å². The molecule has 1 saturated heterocycles. The molecule has 1 aromatic heterocycles. The van der Waals surface area contributed by atoms with Crippen molar-refractivity contribution in [1.29, 1.82) is 0 Å². The highest BCUT2D eigenvalue weighted by atomic mass is 32.2. The van der Waals surface area contributed by atoms with Crippen LogP contribution < -0.4 is 15.9 Å². The molecule has 2 N–H and O–H groups in total. The number of hydrogen-bond acceptors (Lipinski definition) is 5. The predicted octanol–water partition coefficient (Wildman–Crippen LogP) is 7.15. The van der Waals surface area contributed by atoms with Gasteiger partial charge in [0.25, 0.3) is 0 Å². The van der Waals surface area contributed by atoms with Crippen molar-refractivity contribution in [2.45, 2.75) is 36.1 Å². The Labute approximate surface area is 235 Å². The number of thioether (sulfide) groups is 1. The van der Waals surface area contributed by atoms with Crippen LogP contribution in [0.15, 0.2) is 35.2 Å². The number of fused-ring (bicyclic) bond motifs is 1. The molecule has 4 rings (SSSR count). The summed E-state index contributed by atoms with van der Waals surface area (Å²) in [6, 6.07) is 8.31. The lowest BCUT2D eigenvalue weighted by Crippen LogP contribution is -2.46. The summed E-state index contributed by atoms with van der Waals surface area (Å²) in [5.41, 5.74) is 1.35. The van der Waals surface area contributed by atoms with E-state index in [4.69, 9.17) is 0 Å². The molecule has 3 nitrogen and oxygen atoms in total. The van der Waals surface area contributed by atoms with Crippen LogP contribution in [0.3, 0.4) is 0 Å². The van der Waals surface area contributed by atoms with E-state index in [0.717, 1.165) is 6.54 Å². The third kappa shape index (κ3) is 7.18. The van der Waals surface area contributed by atoms with Crippen molar-refractivity contribution in [3.05, 3.63) is 46.6 Å². The zero-order valence-electron chi connectivity index (χ0n) is 22.2. The number of piperidine rings is 1. The Kier molecular flexibility index (Phi) is 9.69. The first kappa shape index (κ1) is 29.9. The number of halogens is 5. The SMILES string of the molecule is CSc1c(NCC#Cc2sc3c(N[C@@H]4CCN(C)C[C@@H]4F)cccc3c2CC(F)(F)F)ccc(P(C)C)c1F. The highest BCUT2D eigenvalue weighted by Gasteiger charge is 2.32. The summed E-state index contributed by atoms with van der Waals surface area (Å²) in [6.07, 6.45) is -4.19. The second-order valence-electron chi connectivity index (χ2n) is 9.73. The molecule has 0 amide bonds. The van der Waals surface area contributed by atoms with E-state index in [0.29, 0.717) is 49.5 Å². The molecule has 0 radical (unpaired) electrons. The van der Waals surface area contributed by atoms with Crippen LogP contribution in [0.4, 0.5) is 33.3 Å². The average Bonchev–Trinajstić information content (AvgIpc) is 3.20. The van der Waals surface area contributed by atoms with Gasteiger partial charge in [-0.05, 0) is 62.2 Å². The Morgan fingerprint density at radius 3 is 2.62 bits per heavy atom. The fourth-order valence-electron chi connectivity index (χ4n) is 4.67. The summed E-state index contributed by atoms with van der Waals surface area (Å²) >= 11 is 2.49. The molecule has 1 fully saturated rings. The minimum absolute atomic E-state index is 0.123. The summed E-state index contributed by atoms with van der Waals surface area (Å²) in [5.74, 6) is 5.61. The molecule has 1 aliphatic heterocycles. The molecule has 11 heteroatoms. The van der Waals surface area contributed by atoms with Crippen LogP contribution in [0.25, 0.3) is 10.1 Å². The highest BCUT2D eigenvalue weighted by Crippen LogP contribution is 2.40. The Morgan fingerprint density at radius 2 is 1.95 bits per heavy atom. The number of alkyl halides is 4. The molecule has 2 atom stereocenters. The largest absolute Gasteiger partial charge is 0.393 e. The summed E-state index contributed by atoms with van der Waals surface area (Å²) in [7, 11) is 1.27. The molecule has 0 unspecified atom stereocenters. The van der Waals surface area contributed by atoms with Crippen LogP contribution in [0, 0.1) is 17.7 Å². The lowest BCUT2D eigenvalue weighted by molar-refractivity contribution is -0.126. The lowest BCUT2D eigenvalue weighted by atomic mass is 10.0. The van der Waals surface area contributed by atoms with Gasteiger partial charge < -0.3 is 15.5 Å². The second-order valence-corrected chi connectivity index (χ2v) is 13.8. The van der Waals surface area contributed by atoms with Gasteiger partial charge in [0, 0.05) is 18.4 Å². The number of anilines is 2. The van der Waals surface area contributed by atoms with Crippen LogP contribution in [0.2, 0.25) is 0 Å². The Hall–Kier alpha value is -2.05. The maximum Gasteiger partial charge on any atom is 0.393 e. The third-order valence-electron chi connectivity index (χ3n) is 6.61. The Morgan fingerprint density at radius 1 is 1.18 bits per heavy atom. The number of nitrogens with one attached hydrogen (secondary N) is 2. The molecular formula is C28H31F5N3PS2. The van der Waals surface area contributed by atoms with E-state index < -0.39 is 32.7 Å². The van der Waals surface area contributed by atoms with Crippen molar-refractivity contribution >= 4 is 57.8 Å². The highest BCUT2D eigenvalue weighted by molar-refractivity contribution is 7.98. The first-order valence-corrected chi connectivity index (χ1v) is 16.7. The summed E-state index contributed by atoms with van der Waals surface area (Å²) < 4.78 is 70.9. The quantitative estimate of drug-likeness (QED) is 0.131. The van der Waals surface area contributed by atoms with Gasteiger partial charge in [-0.1, -0.05) is 31.9 Å². The fourth-order valence-corrected chi connectivity index (χ4v) is 7.45. The van der Waals surface area contributed by atoms with Crippen LogP contribution in [-0.4, -0.2) is 69.6 Å². The van der Waals surface area contributed by atoms with Gasteiger partial charge in [-0.3, -0.25) is 0 Å². The second kappa shape index (κ2) is 12.6. The smallest absolute Gasteiger partial charge is 0.378 e. The van der Waals surface area contributed by atoms with Gasteiger partial charge in [-0.25, -0.2) is 8.78 Å². The van der Waals surface area contributed by atoms with Crippen molar-refractivity contribution in [3.63, 3.8) is 0 Å². The average molecular weight is 600 g/mol. The first-order valence-electron chi connectivity index (χ1n) is 12.4. The minimum atomic E-state index is -4.41. The summed E-state index contributed by atoms with van der Waals surface area (Å²) in [5, 5.41) is 7.53. The summed E-state index contributed by atoms with van der Waals surface area (Å²) in [6.45, 7) is 5.17. The predicted molar refractivity (Wildman–Crippen MR) is 158 cm³/mol. The number of benzene rings is 2. The van der Waals surface area contributed by atoms with Gasteiger partial charge in [-0.15, -0.1) is 23.1 Å². The molecular weight excluding hydrogens is 568 g/mol. The number of rotatable bonds is 7. The standard InChI is InChI=1S/C28H31F5N3PS2/c1-36-14-12-20(19(29)16-36)35-22-8-5-7-17-18(15-28(31,32)33)24(39-26(17)22)9-6-13-34-21-10-11-23(37(2)3)25(30)27(21)38-4/h5,7-8,10-11,19-20,34-35H,12-16H2,1-4H3/t19-,20+/m0/s1. The maximum atomic E-state index is 14.9. The van der Waals surface area contributed by atoms with Crippen molar-refractivity contribution in [2.24, 2.45) is 0 Å². The topological polar surface area (TPSA) is 27.3 Å².